The van der Waals surface area contributed by atoms with E-state index in [0.29, 0.717) is 6.10 Å². The van der Waals surface area contributed by atoms with Crippen LogP contribution >= 0.6 is 15.9 Å². The Morgan fingerprint density at radius 1 is 1.38 bits per heavy atom. The maximum Gasteiger partial charge on any atom is 0.0790 e. The molecule has 0 saturated heterocycles. The number of hydrogen-bond acceptors (Lipinski definition) is 2. The van der Waals surface area contributed by atoms with Crippen LogP contribution in [0.4, 0.5) is 0 Å². The molecular weight excluding hydrogens is 266 g/mol. The molecule has 16 heavy (non-hydrogen) atoms. The minimum atomic E-state index is 0.427. The molecule has 0 aliphatic heterocycles. The minimum absolute atomic E-state index is 0.427. The Labute approximate surface area is 105 Å². The van der Waals surface area contributed by atoms with Crippen LogP contribution in [0.3, 0.4) is 0 Å². The van der Waals surface area contributed by atoms with Crippen molar-refractivity contribution in [3.63, 3.8) is 0 Å². The van der Waals surface area contributed by atoms with Gasteiger partial charge in [-0.25, -0.2) is 0 Å². The monoisotopic (exact) mass is 283 g/mol. The first kappa shape index (κ1) is 12.1. The zero-order chi connectivity index (χ0) is 11.4. The fraction of sp³-hybridized carbons (Fsp3) is 0.538. The van der Waals surface area contributed by atoms with Crippen LogP contribution in [0, 0.1) is 6.92 Å². The molecule has 2 rings (SSSR count). The molecule has 1 N–H and O–H groups in total. The summed E-state index contributed by atoms with van der Waals surface area (Å²) in [6.07, 6.45) is 5.45. The third-order valence-electron chi connectivity index (χ3n) is 3.05. The van der Waals surface area contributed by atoms with Crippen LogP contribution in [-0.4, -0.2) is 6.10 Å². The van der Waals surface area contributed by atoms with Gasteiger partial charge in [-0.3, -0.25) is 4.84 Å². The molecular formula is C13H18BrNO. The standard InChI is InChI=1S/C13H18BrNO/c1-10-8-11(6-7-13(10)14)9-15-16-12-4-2-3-5-12/h6-8,12,15H,2-5,9H2,1H3. The maximum atomic E-state index is 5.62. The normalized spacial score (nSPS) is 16.9. The quantitative estimate of drug-likeness (QED) is 0.851. The Kier molecular flexibility index (Phi) is 4.38. The second-order valence-corrected chi connectivity index (χ2v) is 5.28. The number of hydrogen-bond donors (Lipinski definition) is 1. The highest BCUT2D eigenvalue weighted by atomic mass is 79.9. The Bertz CT molecular complexity index is 348. The molecule has 0 unspecified atom stereocenters. The van der Waals surface area contributed by atoms with Crippen LogP contribution in [0.15, 0.2) is 22.7 Å². The molecule has 1 aliphatic carbocycles. The Morgan fingerprint density at radius 2 is 2.12 bits per heavy atom. The SMILES string of the molecule is Cc1cc(CNOC2CCCC2)ccc1Br. The molecule has 1 aliphatic rings. The van der Waals surface area contributed by atoms with Gasteiger partial charge in [0.2, 0.25) is 0 Å². The van der Waals surface area contributed by atoms with Crippen molar-refractivity contribution in [2.75, 3.05) is 0 Å². The van der Waals surface area contributed by atoms with Crippen molar-refractivity contribution in [1.29, 1.82) is 0 Å². The number of rotatable bonds is 4. The molecule has 0 bridgehead atoms. The molecule has 1 aromatic carbocycles. The molecule has 0 aromatic heterocycles. The van der Waals surface area contributed by atoms with Crippen LogP contribution in [0.2, 0.25) is 0 Å². The third kappa shape index (κ3) is 3.30. The van der Waals surface area contributed by atoms with Crippen LogP contribution in [0.1, 0.15) is 36.8 Å². The Balaban J connectivity index is 1.78. The fourth-order valence-electron chi connectivity index (χ4n) is 2.07. The van der Waals surface area contributed by atoms with Crippen LogP contribution in [0.25, 0.3) is 0 Å². The van der Waals surface area contributed by atoms with Gasteiger partial charge in [-0.15, -0.1) is 0 Å². The van der Waals surface area contributed by atoms with Crippen molar-refractivity contribution in [3.8, 4) is 0 Å². The smallest absolute Gasteiger partial charge is 0.0790 e. The lowest BCUT2D eigenvalue weighted by molar-refractivity contribution is -0.0244. The molecule has 0 atom stereocenters. The highest BCUT2D eigenvalue weighted by molar-refractivity contribution is 9.10. The summed E-state index contributed by atoms with van der Waals surface area (Å²) in [7, 11) is 0. The summed E-state index contributed by atoms with van der Waals surface area (Å²) < 4.78 is 1.16. The average molecular weight is 284 g/mol. The summed E-state index contributed by atoms with van der Waals surface area (Å²) in [5.41, 5.74) is 5.60. The lowest BCUT2D eigenvalue weighted by atomic mass is 10.1. The van der Waals surface area contributed by atoms with E-state index in [9.17, 15) is 0 Å². The van der Waals surface area contributed by atoms with Gasteiger partial charge in [0.1, 0.15) is 0 Å². The Morgan fingerprint density at radius 3 is 2.81 bits per heavy atom. The summed E-state index contributed by atoms with van der Waals surface area (Å²) in [6, 6.07) is 6.37. The summed E-state index contributed by atoms with van der Waals surface area (Å²) in [5.74, 6) is 0. The first-order chi connectivity index (χ1) is 7.75. The lowest BCUT2D eigenvalue weighted by Gasteiger charge is -2.12. The molecule has 0 radical (unpaired) electrons. The molecule has 0 spiro atoms. The van der Waals surface area contributed by atoms with Crippen molar-refractivity contribution >= 4 is 15.9 Å². The van der Waals surface area contributed by atoms with Gasteiger partial charge in [-0.05, 0) is 37.0 Å². The largest absolute Gasteiger partial charge is 0.298 e. The number of hydroxylamine groups is 1. The average Bonchev–Trinajstić information content (AvgIpc) is 2.76. The van der Waals surface area contributed by atoms with E-state index < -0.39 is 0 Å². The van der Waals surface area contributed by atoms with Gasteiger partial charge in [0.25, 0.3) is 0 Å². The summed E-state index contributed by atoms with van der Waals surface area (Å²) in [4.78, 5) is 5.62. The van der Waals surface area contributed by atoms with E-state index in [1.54, 1.807) is 0 Å². The maximum absolute atomic E-state index is 5.62. The molecule has 0 amide bonds. The molecule has 0 heterocycles. The first-order valence-electron chi connectivity index (χ1n) is 5.89. The van der Waals surface area contributed by atoms with Gasteiger partial charge in [-0.1, -0.05) is 40.9 Å². The lowest BCUT2D eigenvalue weighted by Crippen LogP contribution is -2.21. The minimum Gasteiger partial charge on any atom is -0.298 e. The van der Waals surface area contributed by atoms with E-state index >= 15 is 0 Å². The molecule has 1 fully saturated rings. The van der Waals surface area contributed by atoms with Gasteiger partial charge in [0.15, 0.2) is 0 Å². The number of benzene rings is 1. The number of aryl methyl sites for hydroxylation is 1. The molecule has 1 saturated carbocycles. The first-order valence-corrected chi connectivity index (χ1v) is 6.68. The molecule has 88 valence electrons. The van der Waals surface area contributed by atoms with E-state index in [0.717, 1.165) is 11.0 Å². The highest BCUT2D eigenvalue weighted by Gasteiger charge is 2.15. The van der Waals surface area contributed by atoms with Crippen LogP contribution < -0.4 is 5.48 Å². The predicted octanol–water partition coefficient (Wildman–Crippen LogP) is 3.72. The van der Waals surface area contributed by atoms with E-state index in [-0.39, 0.29) is 0 Å². The predicted molar refractivity (Wildman–Crippen MR) is 69.1 cm³/mol. The van der Waals surface area contributed by atoms with E-state index in [1.165, 1.54) is 36.8 Å². The van der Waals surface area contributed by atoms with E-state index in [1.807, 2.05) is 0 Å². The fourth-order valence-corrected chi connectivity index (χ4v) is 2.31. The van der Waals surface area contributed by atoms with Crippen molar-refractivity contribution in [3.05, 3.63) is 33.8 Å². The summed E-state index contributed by atoms with van der Waals surface area (Å²) in [6.45, 7) is 2.88. The topological polar surface area (TPSA) is 21.3 Å². The van der Waals surface area contributed by atoms with Crippen LogP contribution in [0.5, 0.6) is 0 Å². The van der Waals surface area contributed by atoms with Crippen molar-refractivity contribution in [1.82, 2.24) is 5.48 Å². The van der Waals surface area contributed by atoms with E-state index in [4.69, 9.17) is 4.84 Å². The van der Waals surface area contributed by atoms with Gasteiger partial charge in [0, 0.05) is 11.0 Å². The zero-order valence-corrected chi connectivity index (χ0v) is 11.2. The summed E-state index contributed by atoms with van der Waals surface area (Å²) in [5, 5.41) is 0. The highest BCUT2D eigenvalue weighted by Crippen LogP contribution is 2.20. The second kappa shape index (κ2) is 5.80. The van der Waals surface area contributed by atoms with Gasteiger partial charge in [0.05, 0.1) is 6.10 Å². The summed E-state index contributed by atoms with van der Waals surface area (Å²) >= 11 is 3.50. The Hall–Kier alpha value is -0.380. The van der Waals surface area contributed by atoms with Crippen molar-refractivity contribution < 1.29 is 4.84 Å². The zero-order valence-electron chi connectivity index (χ0n) is 9.63. The van der Waals surface area contributed by atoms with Gasteiger partial charge < -0.3 is 0 Å². The van der Waals surface area contributed by atoms with E-state index in [2.05, 4.69) is 46.5 Å². The third-order valence-corrected chi connectivity index (χ3v) is 3.94. The number of nitrogens with one attached hydrogen (secondary N) is 1. The molecule has 3 heteroatoms. The second-order valence-electron chi connectivity index (χ2n) is 4.43. The number of halogens is 1. The van der Waals surface area contributed by atoms with Crippen molar-refractivity contribution in [2.24, 2.45) is 0 Å². The van der Waals surface area contributed by atoms with Gasteiger partial charge >= 0.3 is 0 Å². The van der Waals surface area contributed by atoms with Gasteiger partial charge in [-0.2, -0.15) is 5.48 Å². The van der Waals surface area contributed by atoms with Crippen LogP contribution in [-0.2, 0) is 11.4 Å². The molecule has 2 nitrogen and oxygen atoms in total. The van der Waals surface area contributed by atoms with Crippen molar-refractivity contribution in [2.45, 2.75) is 45.3 Å². The molecule has 1 aromatic rings.